The topological polar surface area (TPSA) is 40.5 Å². The lowest BCUT2D eigenvalue weighted by atomic mass is 10.1. The Balaban J connectivity index is 2.05. The van der Waals surface area contributed by atoms with E-state index in [2.05, 4.69) is 0 Å². The Bertz CT molecular complexity index is 636. The summed E-state index contributed by atoms with van der Waals surface area (Å²) in [5, 5.41) is 10.8. The zero-order chi connectivity index (χ0) is 15.2. The second-order valence-electron chi connectivity index (χ2n) is 4.73. The van der Waals surface area contributed by atoms with E-state index in [9.17, 15) is 14.4 Å². The van der Waals surface area contributed by atoms with Crippen molar-refractivity contribution in [3.8, 4) is 0 Å². The van der Waals surface area contributed by atoms with Crippen LogP contribution in [0, 0.1) is 5.82 Å². The number of hydrogen-bond donors (Lipinski definition) is 1. The van der Waals surface area contributed by atoms with Crippen LogP contribution >= 0.6 is 0 Å². The molecule has 0 bridgehead atoms. The van der Waals surface area contributed by atoms with Crippen LogP contribution in [0.4, 0.5) is 4.39 Å². The van der Waals surface area contributed by atoms with E-state index in [1.165, 1.54) is 30.5 Å². The summed E-state index contributed by atoms with van der Waals surface area (Å²) < 4.78 is 12.8. The number of rotatable bonds is 5. The van der Waals surface area contributed by atoms with Crippen LogP contribution in [0.15, 0.2) is 66.4 Å². The van der Waals surface area contributed by atoms with Gasteiger partial charge in [0, 0.05) is 17.3 Å². The quantitative estimate of drug-likeness (QED) is 0.516. The Labute approximate surface area is 122 Å². The molecule has 0 fully saturated rings. The molecule has 0 heterocycles. The fraction of sp³-hybridized carbons (Fsp3) is 0.118. The Morgan fingerprint density at radius 1 is 1.14 bits per heavy atom. The maximum absolute atomic E-state index is 12.8. The maximum Gasteiger partial charge on any atom is 0.190 e. The van der Waals surface area contributed by atoms with Crippen molar-refractivity contribution in [2.24, 2.45) is 0 Å². The standard InChI is InChI=1S/C17H16FNO2/c1-13(17(20)15-7-9-16(18)10-8-15)11-19(21)12-14-5-3-2-4-6-14/h2-11,21H,12H2,1H3/b13-11-. The van der Waals surface area contributed by atoms with Crippen molar-refractivity contribution in [1.82, 2.24) is 5.06 Å². The molecule has 0 saturated carbocycles. The highest BCUT2D eigenvalue weighted by molar-refractivity contribution is 6.08. The van der Waals surface area contributed by atoms with E-state index >= 15 is 0 Å². The number of allylic oxidation sites excluding steroid dienone is 1. The molecule has 2 rings (SSSR count). The van der Waals surface area contributed by atoms with E-state index in [1.54, 1.807) is 6.92 Å². The van der Waals surface area contributed by atoms with E-state index in [-0.39, 0.29) is 18.1 Å². The molecule has 0 atom stereocenters. The van der Waals surface area contributed by atoms with Gasteiger partial charge in [-0.15, -0.1) is 0 Å². The Hall–Kier alpha value is -2.46. The summed E-state index contributed by atoms with van der Waals surface area (Å²) in [4.78, 5) is 12.1. The molecule has 0 unspecified atom stereocenters. The van der Waals surface area contributed by atoms with Gasteiger partial charge in [-0.25, -0.2) is 4.39 Å². The van der Waals surface area contributed by atoms with Gasteiger partial charge in [-0.1, -0.05) is 30.3 Å². The summed E-state index contributed by atoms with van der Waals surface area (Å²) in [5.74, 6) is -0.636. The van der Waals surface area contributed by atoms with E-state index in [0.717, 1.165) is 10.6 Å². The van der Waals surface area contributed by atoms with Gasteiger partial charge >= 0.3 is 0 Å². The summed E-state index contributed by atoms with van der Waals surface area (Å²) in [6.45, 7) is 1.90. The van der Waals surface area contributed by atoms with Crippen LogP contribution in [0.3, 0.4) is 0 Å². The van der Waals surface area contributed by atoms with Gasteiger partial charge in [0.2, 0.25) is 0 Å². The third-order valence-electron chi connectivity index (χ3n) is 2.99. The largest absolute Gasteiger partial charge is 0.289 e. The molecule has 1 N–H and O–H groups in total. The van der Waals surface area contributed by atoms with Crippen LogP contribution < -0.4 is 0 Å². The second-order valence-corrected chi connectivity index (χ2v) is 4.73. The molecule has 21 heavy (non-hydrogen) atoms. The van der Waals surface area contributed by atoms with Gasteiger partial charge in [0.1, 0.15) is 5.82 Å². The molecule has 3 nitrogen and oxygen atoms in total. The average molecular weight is 285 g/mol. The normalized spacial score (nSPS) is 11.3. The SMILES string of the molecule is C/C(=C/N(O)Cc1ccccc1)C(=O)c1ccc(F)cc1. The molecule has 0 aromatic heterocycles. The first kappa shape index (κ1) is 14.9. The van der Waals surface area contributed by atoms with Gasteiger partial charge in [-0.05, 0) is 36.8 Å². The Kier molecular flexibility index (Phi) is 4.85. The highest BCUT2D eigenvalue weighted by Gasteiger charge is 2.09. The number of carbonyl (C=O) groups excluding carboxylic acids is 1. The lowest BCUT2D eigenvalue weighted by molar-refractivity contribution is -0.0498. The molecule has 0 saturated heterocycles. The zero-order valence-corrected chi connectivity index (χ0v) is 11.7. The molecule has 4 heteroatoms. The van der Waals surface area contributed by atoms with E-state index < -0.39 is 0 Å². The molecular weight excluding hydrogens is 269 g/mol. The number of ketones is 1. The van der Waals surface area contributed by atoms with Crippen molar-refractivity contribution >= 4 is 5.78 Å². The minimum absolute atomic E-state index is 0.248. The maximum atomic E-state index is 12.8. The smallest absolute Gasteiger partial charge is 0.190 e. The minimum Gasteiger partial charge on any atom is -0.289 e. The molecule has 0 spiro atoms. The fourth-order valence-corrected chi connectivity index (χ4v) is 1.93. The van der Waals surface area contributed by atoms with Gasteiger partial charge in [-0.3, -0.25) is 15.1 Å². The molecule has 2 aromatic carbocycles. The summed E-state index contributed by atoms with van der Waals surface area (Å²) in [7, 11) is 0. The van der Waals surface area contributed by atoms with Crippen molar-refractivity contribution in [2.45, 2.75) is 13.5 Å². The van der Waals surface area contributed by atoms with Crippen LogP contribution in [-0.4, -0.2) is 16.1 Å². The van der Waals surface area contributed by atoms with Gasteiger partial charge < -0.3 is 0 Å². The second kappa shape index (κ2) is 6.81. The molecule has 0 aliphatic rings. The number of halogens is 1. The van der Waals surface area contributed by atoms with E-state index in [4.69, 9.17) is 0 Å². The minimum atomic E-state index is -0.388. The molecule has 0 radical (unpaired) electrons. The van der Waals surface area contributed by atoms with Gasteiger partial charge in [-0.2, -0.15) is 0 Å². The lowest BCUT2D eigenvalue weighted by Gasteiger charge is -2.13. The van der Waals surface area contributed by atoms with E-state index in [0.29, 0.717) is 11.1 Å². The van der Waals surface area contributed by atoms with Gasteiger partial charge in [0.05, 0.1) is 6.54 Å². The van der Waals surface area contributed by atoms with Gasteiger partial charge in [0.25, 0.3) is 0 Å². The monoisotopic (exact) mass is 285 g/mol. The van der Waals surface area contributed by atoms with Crippen molar-refractivity contribution < 1.29 is 14.4 Å². The number of benzene rings is 2. The fourth-order valence-electron chi connectivity index (χ4n) is 1.93. The lowest BCUT2D eigenvalue weighted by Crippen LogP contribution is -2.14. The molecular formula is C17H16FNO2. The van der Waals surface area contributed by atoms with Crippen molar-refractivity contribution in [3.63, 3.8) is 0 Å². The van der Waals surface area contributed by atoms with Crippen molar-refractivity contribution in [3.05, 3.63) is 83.3 Å². The molecule has 0 aliphatic heterocycles. The first-order valence-corrected chi connectivity index (χ1v) is 6.54. The van der Waals surface area contributed by atoms with Crippen molar-refractivity contribution in [2.75, 3.05) is 0 Å². The molecule has 2 aromatic rings. The molecule has 0 amide bonds. The van der Waals surface area contributed by atoms with Crippen LogP contribution in [0.5, 0.6) is 0 Å². The number of carbonyl (C=O) groups is 1. The van der Waals surface area contributed by atoms with Crippen LogP contribution in [0.2, 0.25) is 0 Å². The van der Waals surface area contributed by atoms with Crippen LogP contribution in [0.1, 0.15) is 22.8 Å². The Morgan fingerprint density at radius 2 is 1.76 bits per heavy atom. The first-order valence-electron chi connectivity index (χ1n) is 6.54. The van der Waals surface area contributed by atoms with Crippen LogP contribution in [0.25, 0.3) is 0 Å². The van der Waals surface area contributed by atoms with E-state index in [1.807, 2.05) is 30.3 Å². The summed E-state index contributed by atoms with van der Waals surface area (Å²) in [6.07, 6.45) is 1.37. The third kappa shape index (κ3) is 4.26. The van der Waals surface area contributed by atoms with Crippen LogP contribution in [-0.2, 0) is 6.54 Å². The predicted octanol–water partition coefficient (Wildman–Crippen LogP) is 3.80. The average Bonchev–Trinajstić information content (AvgIpc) is 2.48. The number of hydrogen-bond acceptors (Lipinski definition) is 3. The zero-order valence-electron chi connectivity index (χ0n) is 11.7. The van der Waals surface area contributed by atoms with Crippen molar-refractivity contribution in [1.29, 1.82) is 0 Å². The number of hydroxylamine groups is 2. The highest BCUT2D eigenvalue weighted by Crippen LogP contribution is 2.11. The third-order valence-corrected chi connectivity index (χ3v) is 2.99. The summed E-state index contributed by atoms with van der Waals surface area (Å²) >= 11 is 0. The predicted molar refractivity (Wildman–Crippen MR) is 78.3 cm³/mol. The van der Waals surface area contributed by atoms with Gasteiger partial charge in [0.15, 0.2) is 5.78 Å². The molecule has 0 aliphatic carbocycles. The summed E-state index contributed by atoms with van der Waals surface area (Å²) in [5.41, 5.74) is 1.69. The summed E-state index contributed by atoms with van der Waals surface area (Å²) in [6, 6.07) is 14.7. The first-order chi connectivity index (χ1) is 10.1. The molecule has 108 valence electrons. The number of Topliss-reactive ketones (excluding diaryl/α,β-unsaturated/α-hetero) is 1. The number of nitrogens with zero attached hydrogens (tertiary/aromatic N) is 1. The highest BCUT2D eigenvalue weighted by atomic mass is 19.1. The Morgan fingerprint density at radius 3 is 2.38 bits per heavy atom.